The number of carbonyl (C=O) groups excluding carboxylic acids is 4. The van der Waals surface area contributed by atoms with Crippen molar-refractivity contribution in [2.24, 2.45) is 0 Å². The number of hydrogen-bond donors (Lipinski definition) is 4. The Morgan fingerprint density at radius 3 is 2.73 bits per heavy atom. The van der Waals surface area contributed by atoms with E-state index in [1.54, 1.807) is 72.9 Å². The van der Waals surface area contributed by atoms with Crippen molar-refractivity contribution in [3.8, 4) is 16.8 Å². The minimum Gasteiger partial charge on any atom is -0.453 e. The number of aromatic nitrogens is 5. The second kappa shape index (κ2) is 14.6. The van der Waals surface area contributed by atoms with Crippen LogP contribution in [0.2, 0.25) is 5.02 Å². The second-order valence-electron chi connectivity index (χ2n) is 10.8. The van der Waals surface area contributed by atoms with Crippen LogP contribution in [0.1, 0.15) is 33.2 Å². The van der Waals surface area contributed by atoms with Gasteiger partial charge < -0.3 is 20.7 Å². The van der Waals surface area contributed by atoms with Crippen molar-refractivity contribution >= 4 is 52.9 Å². The summed E-state index contributed by atoms with van der Waals surface area (Å²) in [5, 5.41) is 22.9. The lowest BCUT2D eigenvalue weighted by Crippen LogP contribution is -2.33. The maximum absolute atomic E-state index is 13.5. The number of tetrazole rings is 1. The standard InChI is InChI=1S/C34H28ClN9O5/c1-49-34(48)39-25-7-8-26-21-11-12-36-28(16-21)29(14-20-3-2-4-23(13-20)33(47)37-18-32(46)40-27(26)17-25)41-31(45)10-5-22-15-24(35)6-9-30(22)44-19-38-42-43-44/h2-13,15-17,19,29H,14,18H2,1H3,(H,37,47)(H,39,48)(H,40,46)(H,41,45). The summed E-state index contributed by atoms with van der Waals surface area (Å²) >= 11 is 6.25. The van der Waals surface area contributed by atoms with E-state index < -0.39 is 29.9 Å². The van der Waals surface area contributed by atoms with Gasteiger partial charge in [0.05, 0.1) is 36.8 Å². The van der Waals surface area contributed by atoms with Crippen LogP contribution >= 0.6 is 11.6 Å². The Balaban J connectivity index is 1.37. The maximum Gasteiger partial charge on any atom is 0.411 e. The van der Waals surface area contributed by atoms with E-state index in [4.69, 9.17) is 16.3 Å². The summed E-state index contributed by atoms with van der Waals surface area (Å²) in [4.78, 5) is 56.0. The monoisotopic (exact) mass is 677 g/mol. The molecule has 0 radical (unpaired) electrons. The molecule has 0 fully saturated rings. The molecule has 15 heteroatoms. The fourth-order valence-electron chi connectivity index (χ4n) is 5.24. The van der Waals surface area contributed by atoms with Crippen molar-refractivity contribution in [3.63, 3.8) is 0 Å². The van der Waals surface area contributed by atoms with Gasteiger partial charge in [0.15, 0.2) is 0 Å². The molecule has 4 N–H and O–H groups in total. The summed E-state index contributed by atoms with van der Waals surface area (Å²) in [7, 11) is 1.24. The van der Waals surface area contributed by atoms with E-state index >= 15 is 0 Å². The predicted molar refractivity (Wildman–Crippen MR) is 181 cm³/mol. The Morgan fingerprint density at radius 2 is 1.92 bits per heavy atom. The van der Waals surface area contributed by atoms with Gasteiger partial charge in [-0.25, -0.2) is 4.79 Å². The van der Waals surface area contributed by atoms with Crippen LogP contribution in [-0.2, 0) is 20.7 Å². The first-order valence-electron chi connectivity index (χ1n) is 14.9. The lowest BCUT2D eigenvalue weighted by Gasteiger charge is -2.19. The Morgan fingerprint density at radius 1 is 1.04 bits per heavy atom. The number of amides is 4. The molecule has 3 aromatic carbocycles. The molecule has 4 amide bonds. The Hall–Kier alpha value is -6.41. The SMILES string of the molecule is COC(=O)Nc1ccc2c(c1)NC(=O)CNC(=O)c1cccc(c1)CC(NC(=O)C=Cc1cc(Cl)ccc1-n1cnnn1)c1cc-2ccn1. The molecule has 2 aromatic heterocycles. The van der Waals surface area contributed by atoms with Gasteiger partial charge in [0.1, 0.15) is 6.33 Å². The summed E-state index contributed by atoms with van der Waals surface area (Å²) < 4.78 is 6.16. The predicted octanol–water partition coefficient (Wildman–Crippen LogP) is 4.35. The number of halogens is 1. The Labute approximate surface area is 284 Å². The molecule has 1 aliphatic rings. The molecule has 4 bridgehead atoms. The summed E-state index contributed by atoms with van der Waals surface area (Å²) in [5.74, 6) is -1.35. The van der Waals surface area contributed by atoms with Gasteiger partial charge in [-0.05, 0) is 88.6 Å². The van der Waals surface area contributed by atoms with E-state index in [-0.39, 0.29) is 13.0 Å². The third-order valence-electron chi connectivity index (χ3n) is 7.53. The number of nitrogens with one attached hydrogen (secondary N) is 4. The van der Waals surface area contributed by atoms with Gasteiger partial charge in [0, 0.05) is 39.7 Å². The van der Waals surface area contributed by atoms with E-state index in [9.17, 15) is 19.2 Å². The van der Waals surface area contributed by atoms with Crippen LogP contribution in [0.3, 0.4) is 0 Å². The van der Waals surface area contributed by atoms with Gasteiger partial charge in [0.25, 0.3) is 5.91 Å². The highest BCUT2D eigenvalue weighted by atomic mass is 35.5. The molecule has 1 atom stereocenters. The van der Waals surface area contributed by atoms with Crippen molar-refractivity contribution in [1.29, 1.82) is 0 Å². The van der Waals surface area contributed by atoms with Crippen molar-refractivity contribution in [2.75, 3.05) is 24.3 Å². The molecule has 5 aromatic rings. The van der Waals surface area contributed by atoms with Crippen LogP contribution in [0.4, 0.5) is 16.2 Å². The fourth-order valence-corrected chi connectivity index (χ4v) is 5.42. The van der Waals surface area contributed by atoms with Crippen molar-refractivity contribution in [2.45, 2.75) is 12.5 Å². The third-order valence-corrected chi connectivity index (χ3v) is 7.76. The lowest BCUT2D eigenvalue weighted by atomic mass is 9.97. The van der Waals surface area contributed by atoms with Gasteiger partial charge >= 0.3 is 6.09 Å². The normalized spacial score (nSPS) is 14.4. The zero-order valence-corrected chi connectivity index (χ0v) is 26.6. The summed E-state index contributed by atoms with van der Waals surface area (Å²) in [6.45, 7) is -0.300. The first-order chi connectivity index (χ1) is 23.7. The fraction of sp³-hybridized carbons (Fsp3) is 0.118. The number of ether oxygens (including phenoxy) is 1. The summed E-state index contributed by atoms with van der Waals surface area (Å²) in [6, 6.07) is 19.9. The maximum atomic E-state index is 13.5. The zero-order valence-electron chi connectivity index (χ0n) is 25.9. The largest absolute Gasteiger partial charge is 0.453 e. The van der Waals surface area contributed by atoms with Crippen LogP contribution in [0.15, 0.2) is 91.4 Å². The number of methoxy groups -OCH3 is 1. The van der Waals surface area contributed by atoms with E-state index in [2.05, 4.69) is 41.8 Å². The number of hydrogen-bond acceptors (Lipinski definition) is 9. The molecule has 0 spiro atoms. The molecule has 14 nitrogen and oxygen atoms in total. The van der Waals surface area contributed by atoms with Gasteiger partial charge in [-0.2, -0.15) is 4.68 Å². The smallest absolute Gasteiger partial charge is 0.411 e. The number of pyridine rings is 1. The van der Waals surface area contributed by atoms with E-state index in [1.165, 1.54) is 24.2 Å². The first kappa shape index (κ1) is 32.5. The van der Waals surface area contributed by atoms with E-state index in [0.29, 0.717) is 50.0 Å². The van der Waals surface area contributed by atoms with Gasteiger partial charge in [-0.15, -0.1) is 5.10 Å². The van der Waals surface area contributed by atoms with Crippen LogP contribution < -0.4 is 21.3 Å². The highest BCUT2D eigenvalue weighted by Gasteiger charge is 2.20. The van der Waals surface area contributed by atoms with Crippen molar-refractivity contribution < 1.29 is 23.9 Å². The van der Waals surface area contributed by atoms with Crippen molar-refractivity contribution in [3.05, 3.63) is 119 Å². The van der Waals surface area contributed by atoms with Crippen LogP contribution in [0.25, 0.3) is 22.9 Å². The Kier molecular flexibility index (Phi) is 9.67. The van der Waals surface area contributed by atoms with Gasteiger partial charge in [0.2, 0.25) is 11.8 Å². The number of benzene rings is 3. The van der Waals surface area contributed by atoms with Crippen LogP contribution in [-0.4, -0.2) is 62.7 Å². The molecule has 49 heavy (non-hydrogen) atoms. The number of fused-ring (bicyclic) bond motifs is 6. The van der Waals surface area contributed by atoms with Crippen molar-refractivity contribution in [1.82, 2.24) is 35.8 Å². The third kappa shape index (κ3) is 7.94. The van der Waals surface area contributed by atoms with Gasteiger partial charge in [-0.1, -0.05) is 29.8 Å². The van der Waals surface area contributed by atoms with Gasteiger partial charge in [-0.3, -0.25) is 24.7 Å². The molecule has 0 aliphatic carbocycles. The molecule has 246 valence electrons. The molecule has 0 saturated heterocycles. The molecular formula is C34H28ClN9O5. The first-order valence-corrected chi connectivity index (χ1v) is 15.3. The van der Waals surface area contributed by atoms with Crippen LogP contribution in [0, 0.1) is 0 Å². The molecular weight excluding hydrogens is 650 g/mol. The zero-order chi connectivity index (χ0) is 34.3. The minimum absolute atomic E-state index is 0.288. The van der Waals surface area contributed by atoms with E-state index in [1.807, 2.05) is 12.1 Å². The molecule has 1 unspecified atom stereocenters. The second-order valence-corrected chi connectivity index (χ2v) is 11.3. The summed E-state index contributed by atoms with van der Waals surface area (Å²) in [5.41, 5.74) is 4.86. The quantitative estimate of drug-likeness (QED) is 0.197. The molecule has 0 saturated carbocycles. The van der Waals surface area contributed by atoms with Crippen LogP contribution in [0.5, 0.6) is 0 Å². The molecule has 1 aliphatic heterocycles. The lowest BCUT2D eigenvalue weighted by molar-refractivity contribution is -0.117. The topological polar surface area (TPSA) is 182 Å². The number of rotatable bonds is 5. The summed E-state index contributed by atoms with van der Waals surface area (Å²) in [6.07, 6.45) is 5.64. The van der Waals surface area contributed by atoms with E-state index in [0.717, 1.165) is 5.56 Å². The number of anilines is 2. The average Bonchev–Trinajstić information content (AvgIpc) is 3.64. The average molecular weight is 678 g/mol. The molecule has 3 heterocycles. The minimum atomic E-state index is -0.682. The number of nitrogens with zero attached hydrogens (tertiary/aromatic N) is 5. The Bertz CT molecular complexity index is 2080. The highest BCUT2D eigenvalue weighted by Crippen LogP contribution is 2.33. The molecule has 6 rings (SSSR count). The number of carbonyl (C=O) groups is 4. The highest BCUT2D eigenvalue weighted by molar-refractivity contribution is 6.30.